The molecule has 100 valence electrons. The lowest BCUT2D eigenvalue weighted by molar-refractivity contribution is -0.118. The van der Waals surface area contributed by atoms with Crippen molar-refractivity contribution in [2.24, 2.45) is 0 Å². The Morgan fingerprint density at radius 3 is 2.50 bits per heavy atom. The molecule has 1 heterocycles. The molecule has 0 saturated carbocycles. The Morgan fingerprint density at radius 1 is 1.05 bits per heavy atom. The van der Waals surface area contributed by atoms with E-state index in [-0.39, 0.29) is 5.91 Å². The molecule has 1 amide bonds. The van der Waals surface area contributed by atoms with E-state index in [1.807, 2.05) is 59.2 Å². The summed E-state index contributed by atoms with van der Waals surface area (Å²) in [5, 5.41) is 0. The Bertz CT molecular complexity index is 749. The van der Waals surface area contributed by atoms with Crippen LogP contribution in [0.5, 0.6) is 0 Å². The molecule has 5 nitrogen and oxygen atoms in total. The van der Waals surface area contributed by atoms with Crippen molar-refractivity contribution in [3.8, 4) is 5.69 Å². The predicted octanol–water partition coefficient (Wildman–Crippen LogP) is 2.49. The van der Waals surface area contributed by atoms with E-state index in [9.17, 15) is 4.79 Å². The van der Waals surface area contributed by atoms with Gasteiger partial charge in [-0.3, -0.25) is 20.2 Å². The zero-order valence-electron chi connectivity index (χ0n) is 11.0. The van der Waals surface area contributed by atoms with E-state index in [1.165, 1.54) is 6.92 Å². The highest BCUT2D eigenvalue weighted by molar-refractivity contribution is 5.82. The van der Waals surface area contributed by atoms with Crippen molar-refractivity contribution in [3.05, 3.63) is 54.6 Å². The first-order valence-electron chi connectivity index (χ1n) is 6.31. The number of rotatable bonds is 3. The summed E-state index contributed by atoms with van der Waals surface area (Å²) in [6.45, 7) is 1.45. The number of imidazole rings is 1. The minimum atomic E-state index is -0.170. The van der Waals surface area contributed by atoms with Gasteiger partial charge in [0.1, 0.15) is 0 Å². The fourth-order valence-corrected chi connectivity index (χ4v) is 2.09. The maximum absolute atomic E-state index is 11.1. The molecule has 3 aromatic rings. The minimum Gasteiger partial charge on any atom is -0.277 e. The third-order valence-corrected chi connectivity index (χ3v) is 2.93. The Balaban J connectivity index is 2.16. The molecular weight excluding hydrogens is 252 g/mol. The van der Waals surface area contributed by atoms with Crippen LogP contribution >= 0.6 is 0 Å². The van der Waals surface area contributed by atoms with Gasteiger partial charge in [0.05, 0.1) is 11.0 Å². The van der Waals surface area contributed by atoms with Crippen molar-refractivity contribution in [1.82, 2.24) is 15.0 Å². The first kappa shape index (κ1) is 12.2. The van der Waals surface area contributed by atoms with Gasteiger partial charge in [-0.2, -0.15) is 0 Å². The Kier molecular flexibility index (Phi) is 3.09. The molecule has 3 rings (SSSR count). The van der Waals surface area contributed by atoms with Gasteiger partial charge in [-0.15, -0.1) is 0 Å². The van der Waals surface area contributed by atoms with Gasteiger partial charge in [-0.05, 0) is 24.3 Å². The quantitative estimate of drug-likeness (QED) is 0.716. The summed E-state index contributed by atoms with van der Waals surface area (Å²) in [5.74, 6) is 0.407. The number of hydrazine groups is 1. The van der Waals surface area contributed by atoms with Crippen LogP contribution in [-0.4, -0.2) is 15.5 Å². The molecule has 0 atom stereocenters. The van der Waals surface area contributed by atoms with Crippen LogP contribution in [0.15, 0.2) is 54.6 Å². The second-order valence-corrected chi connectivity index (χ2v) is 4.40. The largest absolute Gasteiger partial charge is 0.277 e. The van der Waals surface area contributed by atoms with E-state index in [2.05, 4.69) is 15.8 Å². The molecule has 2 N–H and O–H groups in total. The molecule has 0 unspecified atom stereocenters. The van der Waals surface area contributed by atoms with Gasteiger partial charge < -0.3 is 0 Å². The van der Waals surface area contributed by atoms with Gasteiger partial charge in [0, 0.05) is 12.6 Å². The van der Waals surface area contributed by atoms with Crippen LogP contribution in [0.4, 0.5) is 5.95 Å². The van der Waals surface area contributed by atoms with Gasteiger partial charge in [0.15, 0.2) is 0 Å². The van der Waals surface area contributed by atoms with E-state index < -0.39 is 0 Å². The third kappa shape index (κ3) is 2.21. The topological polar surface area (TPSA) is 59.0 Å². The molecule has 0 aliphatic rings. The Labute approximate surface area is 116 Å². The lowest BCUT2D eigenvalue weighted by atomic mass is 10.3. The van der Waals surface area contributed by atoms with Gasteiger partial charge >= 0.3 is 0 Å². The molecule has 0 aliphatic heterocycles. The van der Waals surface area contributed by atoms with Crippen LogP contribution in [-0.2, 0) is 4.79 Å². The number of aromatic nitrogens is 2. The molecular formula is C15H14N4O. The van der Waals surface area contributed by atoms with Crippen molar-refractivity contribution < 1.29 is 4.79 Å². The lowest BCUT2D eigenvalue weighted by Gasteiger charge is -2.10. The second-order valence-electron chi connectivity index (χ2n) is 4.40. The molecule has 2 aromatic carbocycles. The molecule has 0 fully saturated rings. The molecule has 0 saturated heterocycles. The average Bonchev–Trinajstić information content (AvgIpc) is 2.84. The van der Waals surface area contributed by atoms with Crippen molar-refractivity contribution in [2.75, 3.05) is 5.43 Å². The van der Waals surface area contributed by atoms with E-state index >= 15 is 0 Å². The maximum Gasteiger partial charge on any atom is 0.235 e. The number of hydrogen-bond acceptors (Lipinski definition) is 3. The smallest absolute Gasteiger partial charge is 0.235 e. The minimum absolute atomic E-state index is 0.170. The van der Waals surface area contributed by atoms with Gasteiger partial charge in [0.2, 0.25) is 11.9 Å². The number of nitrogens with zero attached hydrogens (tertiary/aromatic N) is 2. The standard InChI is InChI=1S/C15H14N4O/c1-11(20)17-18-15-16-13-9-5-6-10-14(13)19(15)12-7-3-2-4-8-12/h2-10H,1H3,(H,16,18)(H,17,20). The Hall–Kier alpha value is -2.82. The highest BCUT2D eigenvalue weighted by Crippen LogP contribution is 2.23. The fourth-order valence-electron chi connectivity index (χ4n) is 2.09. The monoisotopic (exact) mass is 266 g/mol. The first-order chi connectivity index (χ1) is 9.75. The highest BCUT2D eigenvalue weighted by Gasteiger charge is 2.11. The molecule has 0 bridgehead atoms. The molecule has 0 aliphatic carbocycles. The van der Waals surface area contributed by atoms with E-state index in [4.69, 9.17) is 0 Å². The number of nitrogens with one attached hydrogen (secondary N) is 2. The van der Waals surface area contributed by atoms with Gasteiger partial charge in [-0.1, -0.05) is 30.3 Å². The normalized spacial score (nSPS) is 10.4. The number of anilines is 1. The summed E-state index contributed by atoms with van der Waals surface area (Å²) in [5.41, 5.74) is 8.24. The van der Waals surface area contributed by atoms with Crippen LogP contribution < -0.4 is 10.9 Å². The number of para-hydroxylation sites is 3. The number of hydrogen-bond donors (Lipinski definition) is 2. The summed E-state index contributed by atoms with van der Waals surface area (Å²) in [6.07, 6.45) is 0. The lowest BCUT2D eigenvalue weighted by Crippen LogP contribution is -2.28. The van der Waals surface area contributed by atoms with Crippen LogP contribution in [0.1, 0.15) is 6.92 Å². The number of benzene rings is 2. The van der Waals surface area contributed by atoms with Crippen LogP contribution in [0, 0.1) is 0 Å². The van der Waals surface area contributed by atoms with E-state index in [0.29, 0.717) is 5.95 Å². The average molecular weight is 266 g/mol. The zero-order valence-corrected chi connectivity index (χ0v) is 11.0. The second kappa shape index (κ2) is 5.05. The van der Waals surface area contributed by atoms with Crippen LogP contribution in [0.3, 0.4) is 0 Å². The summed E-state index contributed by atoms with van der Waals surface area (Å²) >= 11 is 0. The van der Waals surface area contributed by atoms with Crippen molar-refractivity contribution >= 4 is 22.9 Å². The summed E-state index contributed by atoms with van der Waals surface area (Å²) in [7, 11) is 0. The summed E-state index contributed by atoms with van der Waals surface area (Å²) < 4.78 is 1.96. The molecule has 5 heteroatoms. The van der Waals surface area contributed by atoms with E-state index in [1.54, 1.807) is 0 Å². The zero-order chi connectivity index (χ0) is 13.9. The van der Waals surface area contributed by atoms with Crippen molar-refractivity contribution in [1.29, 1.82) is 0 Å². The van der Waals surface area contributed by atoms with Crippen LogP contribution in [0.25, 0.3) is 16.7 Å². The van der Waals surface area contributed by atoms with Crippen LogP contribution in [0.2, 0.25) is 0 Å². The first-order valence-corrected chi connectivity index (χ1v) is 6.31. The fraction of sp³-hybridized carbons (Fsp3) is 0.0667. The van der Waals surface area contributed by atoms with Crippen molar-refractivity contribution in [2.45, 2.75) is 6.92 Å². The molecule has 1 aromatic heterocycles. The number of amides is 1. The Morgan fingerprint density at radius 2 is 1.75 bits per heavy atom. The third-order valence-electron chi connectivity index (χ3n) is 2.93. The summed E-state index contributed by atoms with van der Waals surface area (Å²) in [6, 6.07) is 17.7. The number of fused-ring (bicyclic) bond motifs is 1. The van der Waals surface area contributed by atoms with Gasteiger partial charge in [-0.25, -0.2) is 4.98 Å². The van der Waals surface area contributed by atoms with E-state index in [0.717, 1.165) is 16.7 Å². The predicted molar refractivity (Wildman–Crippen MR) is 78.5 cm³/mol. The van der Waals surface area contributed by atoms with Gasteiger partial charge in [0.25, 0.3) is 0 Å². The maximum atomic E-state index is 11.1. The molecule has 20 heavy (non-hydrogen) atoms. The SMILES string of the molecule is CC(=O)NNc1nc2ccccc2n1-c1ccccc1. The summed E-state index contributed by atoms with van der Waals surface area (Å²) in [4.78, 5) is 15.6. The molecule has 0 radical (unpaired) electrons. The number of carbonyl (C=O) groups is 1. The van der Waals surface area contributed by atoms with Crippen molar-refractivity contribution in [3.63, 3.8) is 0 Å². The highest BCUT2D eigenvalue weighted by atomic mass is 16.2. The number of carbonyl (C=O) groups excluding carboxylic acids is 1. The molecule has 0 spiro atoms.